The van der Waals surface area contributed by atoms with Crippen LogP contribution in [0.5, 0.6) is 0 Å². The maximum atomic E-state index is 11.2. The highest BCUT2D eigenvalue weighted by molar-refractivity contribution is 5.78. The summed E-state index contributed by atoms with van der Waals surface area (Å²) in [5.41, 5.74) is 0. The van der Waals surface area contributed by atoms with Crippen LogP contribution in [0, 0.1) is 0 Å². The van der Waals surface area contributed by atoms with Crippen molar-refractivity contribution in [2.75, 3.05) is 0 Å². The molecule has 0 radical (unpaired) electrons. The molecule has 0 bridgehead atoms. The van der Waals surface area contributed by atoms with Crippen molar-refractivity contribution in [3.05, 3.63) is 12.2 Å². The van der Waals surface area contributed by atoms with Crippen molar-refractivity contribution in [1.82, 2.24) is 0 Å². The number of ether oxygens (including phenoxy) is 1. The van der Waals surface area contributed by atoms with Gasteiger partial charge in [0.1, 0.15) is 11.9 Å². The van der Waals surface area contributed by atoms with Crippen molar-refractivity contribution < 1.29 is 14.3 Å². The summed E-state index contributed by atoms with van der Waals surface area (Å²) in [6, 6.07) is 0. The van der Waals surface area contributed by atoms with Gasteiger partial charge in [0.2, 0.25) is 0 Å². The van der Waals surface area contributed by atoms with E-state index in [9.17, 15) is 9.59 Å². The highest BCUT2D eigenvalue weighted by Crippen LogP contribution is 2.02. The lowest BCUT2D eigenvalue weighted by Crippen LogP contribution is -2.10. The fraction of sp³-hybridized carbons (Fsp3) is 0.692. The third kappa shape index (κ3) is 9.44. The molecule has 0 saturated carbocycles. The van der Waals surface area contributed by atoms with E-state index in [1.165, 1.54) is 6.92 Å². The summed E-state index contributed by atoms with van der Waals surface area (Å²) < 4.78 is 4.96. The van der Waals surface area contributed by atoms with E-state index in [0.29, 0.717) is 25.0 Å². The molecule has 0 fully saturated rings. The molecule has 0 aliphatic heterocycles. The van der Waals surface area contributed by atoms with E-state index in [2.05, 4.69) is 0 Å². The minimum absolute atomic E-state index is 0.0832. The van der Waals surface area contributed by atoms with Gasteiger partial charge >= 0.3 is 5.97 Å². The fourth-order valence-corrected chi connectivity index (χ4v) is 1.39. The van der Waals surface area contributed by atoms with Crippen LogP contribution in [0.25, 0.3) is 0 Å². The Morgan fingerprint density at radius 2 is 1.94 bits per heavy atom. The normalized spacial score (nSPS) is 12.7. The summed E-state index contributed by atoms with van der Waals surface area (Å²) >= 11 is 0. The zero-order valence-electron chi connectivity index (χ0n) is 10.5. The molecular formula is C13H22O3. The zero-order chi connectivity index (χ0) is 12.4. The van der Waals surface area contributed by atoms with Gasteiger partial charge in [0.25, 0.3) is 0 Å². The highest BCUT2D eigenvalue weighted by atomic mass is 16.5. The average Bonchev–Trinajstić information content (AvgIpc) is 2.16. The van der Waals surface area contributed by atoms with Crippen molar-refractivity contribution in [3.8, 4) is 0 Å². The number of allylic oxidation sites excluding steroid dienone is 1. The Labute approximate surface area is 97.9 Å². The van der Waals surface area contributed by atoms with Crippen LogP contribution in [0.1, 0.15) is 52.9 Å². The van der Waals surface area contributed by atoms with E-state index in [-0.39, 0.29) is 12.1 Å². The van der Waals surface area contributed by atoms with Gasteiger partial charge in [0.15, 0.2) is 0 Å². The molecule has 1 atom stereocenters. The molecule has 92 valence electrons. The summed E-state index contributed by atoms with van der Waals surface area (Å²) in [4.78, 5) is 21.8. The Morgan fingerprint density at radius 1 is 1.25 bits per heavy atom. The van der Waals surface area contributed by atoms with Crippen LogP contribution in [-0.4, -0.2) is 17.9 Å². The molecule has 0 aromatic heterocycles. The Hall–Kier alpha value is -1.12. The molecule has 0 rings (SSSR count). The predicted octanol–water partition coefficient (Wildman–Crippen LogP) is 3.03. The van der Waals surface area contributed by atoms with E-state index in [1.807, 2.05) is 26.0 Å². The third-order valence-corrected chi connectivity index (χ3v) is 2.12. The minimum atomic E-state index is -0.251. The number of Topliss-reactive ketones (excluding diaryl/α,β-unsaturated/α-hetero) is 1. The lowest BCUT2D eigenvalue weighted by Gasteiger charge is -2.08. The molecule has 3 heteroatoms. The zero-order valence-corrected chi connectivity index (χ0v) is 10.5. The van der Waals surface area contributed by atoms with Crippen molar-refractivity contribution in [1.29, 1.82) is 0 Å². The number of carbonyl (C=O) groups excluding carboxylic acids is 2. The van der Waals surface area contributed by atoms with Gasteiger partial charge in [-0.05, 0) is 19.8 Å². The van der Waals surface area contributed by atoms with E-state index in [1.54, 1.807) is 0 Å². The van der Waals surface area contributed by atoms with Gasteiger partial charge in [-0.25, -0.2) is 0 Å². The molecule has 0 aliphatic carbocycles. The molecule has 1 unspecified atom stereocenters. The van der Waals surface area contributed by atoms with Crippen molar-refractivity contribution >= 4 is 11.8 Å². The molecular weight excluding hydrogens is 204 g/mol. The van der Waals surface area contributed by atoms with Crippen LogP contribution >= 0.6 is 0 Å². The SMILES string of the molecule is CCCC(=O)CC/C=C/CC(C)OC(C)=O. The maximum Gasteiger partial charge on any atom is 0.302 e. The first-order valence-electron chi connectivity index (χ1n) is 5.90. The first-order valence-corrected chi connectivity index (χ1v) is 5.90. The molecule has 3 nitrogen and oxygen atoms in total. The Kier molecular flexibility index (Phi) is 8.49. The van der Waals surface area contributed by atoms with Gasteiger partial charge in [0, 0.05) is 26.2 Å². The summed E-state index contributed by atoms with van der Waals surface area (Å²) in [7, 11) is 0. The molecule has 0 amide bonds. The van der Waals surface area contributed by atoms with Crippen LogP contribution in [-0.2, 0) is 14.3 Å². The van der Waals surface area contributed by atoms with Crippen LogP contribution in [0.15, 0.2) is 12.2 Å². The second-order valence-electron chi connectivity index (χ2n) is 3.95. The number of carbonyl (C=O) groups is 2. The summed E-state index contributed by atoms with van der Waals surface area (Å²) in [5, 5.41) is 0. The molecule has 0 aromatic carbocycles. The van der Waals surface area contributed by atoms with Crippen LogP contribution < -0.4 is 0 Å². The van der Waals surface area contributed by atoms with E-state index in [4.69, 9.17) is 4.74 Å². The first-order chi connectivity index (χ1) is 7.56. The van der Waals surface area contributed by atoms with Gasteiger partial charge in [-0.15, -0.1) is 0 Å². The van der Waals surface area contributed by atoms with Crippen LogP contribution in [0.2, 0.25) is 0 Å². The summed E-state index contributed by atoms with van der Waals surface area (Å²) in [6.07, 6.45) is 7.57. The molecule has 0 aromatic rings. The van der Waals surface area contributed by atoms with Crippen LogP contribution in [0.3, 0.4) is 0 Å². The maximum absolute atomic E-state index is 11.2. The molecule has 0 saturated heterocycles. The summed E-state index contributed by atoms with van der Waals surface area (Å²) in [6.45, 7) is 5.27. The standard InChI is InChI=1S/C13H22O3/c1-4-8-13(15)10-7-5-6-9-11(2)16-12(3)14/h5-6,11H,4,7-10H2,1-3H3/b6-5+. The number of ketones is 1. The first kappa shape index (κ1) is 14.9. The minimum Gasteiger partial charge on any atom is -0.463 e. The third-order valence-electron chi connectivity index (χ3n) is 2.12. The van der Waals surface area contributed by atoms with Gasteiger partial charge in [0.05, 0.1) is 0 Å². The quantitative estimate of drug-likeness (QED) is 0.472. The van der Waals surface area contributed by atoms with Gasteiger partial charge in [-0.3, -0.25) is 9.59 Å². The largest absolute Gasteiger partial charge is 0.463 e. The number of hydrogen-bond acceptors (Lipinski definition) is 3. The molecule has 0 aliphatic rings. The van der Waals surface area contributed by atoms with Gasteiger partial charge < -0.3 is 4.74 Å². The molecule has 0 spiro atoms. The van der Waals surface area contributed by atoms with Crippen molar-refractivity contribution in [2.24, 2.45) is 0 Å². The lowest BCUT2D eigenvalue weighted by molar-refractivity contribution is -0.145. The Bertz CT molecular complexity index is 244. The lowest BCUT2D eigenvalue weighted by atomic mass is 10.1. The van der Waals surface area contributed by atoms with Crippen LogP contribution in [0.4, 0.5) is 0 Å². The number of rotatable bonds is 8. The molecule has 0 heterocycles. The van der Waals surface area contributed by atoms with E-state index >= 15 is 0 Å². The fourth-order valence-electron chi connectivity index (χ4n) is 1.39. The summed E-state index contributed by atoms with van der Waals surface area (Å²) in [5.74, 6) is 0.0687. The topological polar surface area (TPSA) is 43.4 Å². The van der Waals surface area contributed by atoms with Crippen molar-refractivity contribution in [3.63, 3.8) is 0 Å². The Balaban J connectivity index is 3.54. The second-order valence-corrected chi connectivity index (χ2v) is 3.95. The van der Waals surface area contributed by atoms with E-state index in [0.717, 1.165) is 12.8 Å². The van der Waals surface area contributed by atoms with Crippen molar-refractivity contribution in [2.45, 2.75) is 59.0 Å². The predicted molar refractivity (Wildman–Crippen MR) is 64.1 cm³/mol. The second kappa shape index (κ2) is 9.13. The van der Waals surface area contributed by atoms with Gasteiger partial charge in [-0.1, -0.05) is 19.1 Å². The monoisotopic (exact) mass is 226 g/mol. The molecule has 0 N–H and O–H groups in total. The smallest absolute Gasteiger partial charge is 0.302 e. The highest BCUT2D eigenvalue weighted by Gasteiger charge is 2.02. The van der Waals surface area contributed by atoms with E-state index < -0.39 is 0 Å². The number of esters is 1. The Morgan fingerprint density at radius 3 is 2.50 bits per heavy atom. The van der Waals surface area contributed by atoms with Gasteiger partial charge in [-0.2, -0.15) is 0 Å². The molecule has 16 heavy (non-hydrogen) atoms. The average molecular weight is 226 g/mol. The number of hydrogen-bond donors (Lipinski definition) is 0.